The molecule has 0 aliphatic carbocycles. The minimum absolute atomic E-state index is 0.0534. The van der Waals surface area contributed by atoms with Crippen LogP contribution in [0, 0.1) is 10.8 Å². The van der Waals surface area contributed by atoms with Crippen molar-refractivity contribution in [2.75, 3.05) is 13.2 Å². The van der Waals surface area contributed by atoms with Gasteiger partial charge in [-0.25, -0.2) is 0 Å². The number of unbranched alkanes of at least 4 members (excludes halogenated alkanes) is 1. The Morgan fingerprint density at radius 1 is 1.16 bits per heavy atom. The molecule has 0 bridgehead atoms. The molecule has 0 saturated heterocycles. The minimum Gasteiger partial charge on any atom is -0.377 e. The lowest BCUT2D eigenvalue weighted by Crippen LogP contribution is -2.43. The Balaban J connectivity index is 1.94. The van der Waals surface area contributed by atoms with E-state index in [1.165, 1.54) is 5.56 Å². The van der Waals surface area contributed by atoms with Crippen LogP contribution in [-0.4, -0.2) is 25.1 Å². The maximum absolute atomic E-state index is 7.37. The Kier molecular flexibility index (Phi) is 7.04. The van der Waals surface area contributed by atoms with Gasteiger partial charge in [-0.3, -0.25) is 16.1 Å². The van der Waals surface area contributed by atoms with Crippen LogP contribution in [0.4, 0.5) is 0 Å². The highest BCUT2D eigenvalue weighted by molar-refractivity contribution is 5.94. The minimum atomic E-state index is -0.233. The molecule has 0 atom stereocenters. The highest BCUT2D eigenvalue weighted by Crippen LogP contribution is 2.01. The summed E-state index contributed by atoms with van der Waals surface area (Å²) in [7, 11) is 0. The SMILES string of the molecule is N=C(N)NC(=N)NCCCCOCc1ccccc1. The van der Waals surface area contributed by atoms with Gasteiger partial charge in [0, 0.05) is 13.2 Å². The van der Waals surface area contributed by atoms with E-state index in [-0.39, 0.29) is 11.9 Å². The highest BCUT2D eigenvalue weighted by atomic mass is 16.5. The first-order valence-corrected chi connectivity index (χ1v) is 6.23. The quantitative estimate of drug-likeness (QED) is 0.287. The molecule has 1 aromatic carbocycles. The molecule has 1 aromatic rings. The first kappa shape index (κ1) is 15.0. The van der Waals surface area contributed by atoms with E-state index in [1.54, 1.807) is 0 Å². The van der Waals surface area contributed by atoms with E-state index in [0.717, 1.165) is 12.8 Å². The Bertz CT molecular complexity index is 393. The van der Waals surface area contributed by atoms with E-state index in [2.05, 4.69) is 10.6 Å². The second-order valence-corrected chi connectivity index (χ2v) is 4.09. The summed E-state index contributed by atoms with van der Waals surface area (Å²) < 4.78 is 5.54. The zero-order valence-corrected chi connectivity index (χ0v) is 10.9. The van der Waals surface area contributed by atoms with E-state index >= 15 is 0 Å². The molecule has 0 fully saturated rings. The third-order valence-corrected chi connectivity index (χ3v) is 2.39. The standard InChI is InChI=1S/C13H21N5O/c14-12(15)18-13(16)17-8-4-5-9-19-10-11-6-2-1-3-7-11/h1-3,6-7H,4-5,8-10H2,(H6,14,15,16,17,18). The number of nitrogens with one attached hydrogen (secondary N) is 4. The second-order valence-electron chi connectivity index (χ2n) is 4.09. The summed E-state index contributed by atoms with van der Waals surface area (Å²) in [6, 6.07) is 10.1. The lowest BCUT2D eigenvalue weighted by molar-refractivity contribution is 0.117. The third-order valence-electron chi connectivity index (χ3n) is 2.39. The molecule has 0 saturated carbocycles. The van der Waals surface area contributed by atoms with Gasteiger partial charge in [-0.1, -0.05) is 30.3 Å². The van der Waals surface area contributed by atoms with Crippen LogP contribution in [0.2, 0.25) is 0 Å². The number of nitrogens with two attached hydrogens (primary N) is 1. The fraction of sp³-hybridized carbons (Fsp3) is 0.385. The molecule has 6 N–H and O–H groups in total. The van der Waals surface area contributed by atoms with Crippen LogP contribution in [0.15, 0.2) is 30.3 Å². The molecular weight excluding hydrogens is 242 g/mol. The Morgan fingerprint density at radius 2 is 1.89 bits per heavy atom. The number of guanidine groups is 2. The smallest absolute Gasteiger partial charge is 0.195 e. The zero-order chi connectivity index (χ0) is 13.9. The first-order valence-electron chi connectivity index (χ1n) is 6.23. The van der Waals surface area contributed by atoms with Crippen molar-refractivity contribution in [3.63, 3.8) is 0 Å². The molecule has 0 aliphatic rings. The van der Waals surface area contributed by atoms with Gasteiger partial charge in [0.15, 0.2) is 11.9 Å². The van der Waals surface area contributed by atoms with Gasteiger partial charge in [-0.05, 0) is 18.4 Å². The van der Waals surface area contributed by atoms with Gasteiger partial charge in [0.05, 0.1) is 6.61 Å². The van der Waals surface area contributed by atoms with Gasteiger partial charge in [-0.2, -0.15) is 0 Å². The molecule has 0 unspecified atom stereocenters. The maximum Gasteiger partial charge on any atom is 0.195 e. The largest absolute Gasteiger partial charge is 0.377 e. The van der Waals surface area contributed by atoms with Gasteiger partial charge in [0.25, 0.3) is 0 Å². The van der Waals surface area contributed by atoms with Crippen molar-refractivity contribution in [1.29, 1.82) is 10.8 Å². The molecule has 0 aromatic heterocycles. The van der Waals surface area contributed by atoms with Gasteiger partial charge in [-0.15, -0.1) is 0 Å². The number of rotatable bonds is 7. The predicted molar refractivity (Wildman–Crippen MR) is 76.1 cm³/mol. The topological polar surface area (TPSA) is 107 Å². The summed E-state index contributed by atoms with van der Waals surface area (Å²) in [6.07, 6.45) is 1.82. The Hall–Kier alpha value is -2.08. The molecule has 0 heterocycles. The summed E-state index contributed by atoms with van der Waals surface area (Å²) in [6.45, 7) is 1.99. The van der Waals surface area contributed by atoms with E-state index in [0.29, 0.717) is 19.8 Å². The van der Waals surface area contributed by atoms with Crippen LogP contribution in [0.5, 0.6) is 0 Å². The van der Waals surface area contributed by atoms with Crippen molar-refractivity contribution in [2.45, 2.75) is 19.4 Å². The molecule has 6 heteroatoms. The lowest BCUT2D eigenvalue weighted by atomic mass is 10.2. The number of ether oxygens (including phenoxy) is 1. The average Bonchev–Trinajstić information content (AvgIpc) is 2.38. The molecule has 19 heavy (non-hydrogen) atoms. The molecule has 104 valence electrons. The van der Waals surface area contributed by atoms with Gasteiger partial charge in [0.2, 0.25) is 0 Å². The molecule has 0 aliphatic heterocycles. The Labute approximate surface area is 113 Å². The number of benzene rings is 1. The van der Waals surface area contributed by atoms with E-state index in [9.17, 15) is 0 Å². The van der Waals surface area contributed by atoms with Crippen molar-refractivity contribution in [3.05, 3.63) is 35.9 Å². The normalized spacial score (nSPS) is 9.89. The average molecular weight is 263 g/mol. The maximum atomic E-state index is 7.37. The van der Waals surface area contributed by atoms with Crippen molar-refractivity contribution >= 4 is 11.9 Å². The van der Waals surface area contributed by atoms with E-state index < -0.39 is 0 Å². The fourth-order valence-electron chi connectivity index (χ4n) is 1.49. The van der Waals surface area contributed by atoms with E-state index in [4.69, 9.17) is 21.3 Å². The van der Waals surface area contributed by atoms with Crippen LogP contribution < -0.4 is 16.4 Å². The van der Waals surface area contributed by atoms with Crippen LogP contribution in [0.1, 0.15) is 18.4 Å². The van der Waals surface area contributed by atoms with Crippen LogP contribution >= 0.6 is 0 Å². The second kappa shape index (κ2) is 8.93. The summed E-state index contributed by atoms with van der Waals surface area (Å²) in [4.78, 5) is 0. The van der Waals surface area contributed by atoms with Crippen molar-refractivity contribution in [1.82, 2.24) is 10.6 Å². The molecule has 0 amide bonds. The van der Waals surface area contributed by atoms with Crippen LogP contribution in [0.25, 0.3) is 0 Å². The summed E-state index contributed by atoms with van der Waals surface area (Å²) in [5.41, 5.74) is 6.26. The summed E-state index contributed by atoms with van der Waals surface area (Å²) >= 11 is 0. The summed E-state index contributed by atoms with van der Waals surface area (Å²) in [5.74, 6) is -0.179. The molecule has 0 spiro atoms. The molecular formula is C13H21N5O. The first-order chi connectivity index (χ1) is 9.18. The number of hydrogen-bond acceptors (Lipinski definition) is 3. The Morgan fingerprint density at radius 3 is 2.58 bits per heavy atom. The van der Waals surface area contributed by atoms with Crippen molar-refractivity contribution in [3.8, 4) is 0 Å². The van der Waals surface area contributed by atoms with Crippen molar-refractivity contribution < 1.29 is 4.74 Å². The predicted octanol–water partition coefficient (Wildman–Crippen LogP) is 0.991. The fourth-order valence-corrected chi connectivity index (χ4v) is 1.49. The highest BCUT2D eigenvalue weighted by Gasteiger charge is 1.96. The molecule has 6 nitrogen and oxygen atoms in total. The van der Waals surface area contributed by atoms with Gasteiger partial charge in [0.1, 0.15) is 0 Å². The van der Waals surface area contributed by atoms with Crippen molar-refractivity contribution in [2.24, 2.45) is 5.73 Å². The summed E-state index contributed by atoms with van der Waals surface area (Å²) in [5, 5.41) is 19.5. The van der Waals surface area contributed by atoms with E-state index in [1.807, 2.05) is 30.3 Å². The van der Waals surface area contributed by atoms with Gasteiger partial charge >= 0.3 is 0 Å². The lowest BCUT2D eigenvalue weighted by Gasteiger charge is -2.08. The van der Waals surface area contributed by atoms with Crippen LogP contribution in [-0.2, 0) is 11.3 Å². The molecule has 1 rings (SSSR count). The number of hydrogen-bond donors (Lipinski definition) is 5. The third kappa shape index (κ3) is 7.77. The van der Waals surface area contributed by atoms with Crippen LogP contribution in [0.3, 0.4) is 0 Å². The molecule has 0 radical (unpaired) electrons. The zero-order valence-electron chi connectivity index (χ0n) is 10.9. The van der Waals surface area contributed by atoms with Gasteiger partial charge < -0.3 is 15.8 Å². The monoisotopic (exact) mass is 263 g/mol.